The van der Waals surface area contributed by atoms with Crippen LogP contribution in [0.15, 0.2) is 52.0 Å². The van der Waals surface area contributed by atoms with Crippen LogP contribution in [-0.2, 0) is 6.54 Å². The third-order valence-corrected chi connectivity index (χ3v) is 3.75. The lowest BCUT2D eigenvalue weighted by molar-refractivity contribution is 0.102. The van der Waals surface area contributed by atoms with Crippen molar-refractivity contribution < 1.29 is 14.1 Å². The molecule has 27 heavy (non-hydrogen) atoms. The number of ether oxygens (including phenoxy) is 1. The Morgan fingerprint density at radius 1 is 1.22 bits per heavy atom. The summed E-state index contributed by atoms with van der Waals surface area (Å²) in [4.78, 5) is 16.3. The summed E-state index contributed by atoms with van der Waals surface area (Å²) < 4.78 is 10.3. The highest BCUT2D eigenvalue weighted by atomic mass is 16.5. The predicted octanol–water partition coefficient (Wildman–Crippen LogP) is 3.08. The zero-order valence-electron chi connectivity index (χ0n) is 14.3. The van der Waals surface area contributed by atoms with Gasteiger partial charge in [0.1, 0.15) is 17.9 Å². The molecule has 0 unspecified atom stereocenters. The van der Waals surface area contributed by atoms with E-state index in [1.165, 1.54) is 0 Å². The maximum absolute atomic E-state index is 12.4. The van der Waals surface area contributed by atoms with Gasteiger partial charge < -0.3 is 14.6 Å². The highest BCUT2D eigenvalue weighted by Gasteiger charge is 2.13. The number of aliphatic imine (C=N–C) groups is 1. The van der Waals surface area contributed by atoms with Gasteiger partial charge in [0.2, 0.25) is 5.71 Å². The maximum Gasteiger partial charge on any atom is 0.256 e. The summed E-state index contributed by atoms with van der Waals surface area (Å²) in [5.74, 6) is 0.586. The first-order chi connectivity index (χ1) is 13.1. The third-order valence-electron chi connectivity index (χ3n) is 3.75. The topological polar surface area (TPSA) is 124 Å². The number of amides is 1. The summed E-state index contributed by atoms with van der Waals surface area (Å²) in [5.41, 5.74) is 1.48. The molecule has 0 fully saturated rings. The summed E-state index contributed by atoms with van der Waals surface area (Å²) in [6, 6.07) is 15.3. The molecule has 0 aliphatic rings. The quantitative estimate of drug-likeness (QED) is 0.698. The van der Waals surface area contributed by atoms with Crippen molar-refractivity contribution in [1.29, 1.82) is 10.5 Å². The normalized spacial score (nSPS) is 9.89. The molecule has 0 aliphatic carbocycles. The molecule has 0 radical (unpaired) electrons. The number of hydrogen-bond donors (Lipinski definition) is 1. The monoisotopic (exact) mass is 359 g/mol. The number of rotatable bonds is 5. The largest absolute Gasteiger partial charge is 0.497 e. The van der Waals surface area contributed by atoms with Gasteiger partial charge in [-0.25, -0.2) is 0 Å². The van der Waals surface area contributed by atoms with Crippen LogP contribution in [0.5, 0.6) is 5.75 Å². The lowest BCUT2D eigenvalue weighted by atomic mass is 10.1. The molecule has 0 bridgehead atoms. The van der Waals surface area contributed by atoms with Crippen molar-refractivity contribution in [3.05, 3.63) is 53.6 Å². The molecule has 3 rings (SSSR count). The highest BCUT2D eigenvalue weighted by molar-refractivity contribution is 6.10. The number of nitrogens with one attached hydrogen (secondary N) is 1. The van der Waals surface area contributed by atoms with Crippen molar-refractivity contribution in [3.63, 3.8) is 0 Å². The van der Waals surface area contributed by atoms with E-state index in [9.17, 15) is 4.79 Å². The Labute approximate surface area is 154 Å². The van der Waals surface area contributed by atoms with Crippen LogP contribution in [0.3, 0.4) is 0 Å². The van der Waals surface area contributed by atoms with E-state index in [0.717, 1.165) is 5.56 Å². The fraction of sp³-hybridized carbons (Fsp3) is 0.105. The Hall–Kier alpha value is -4.17. The van der Waals surface area contributed by atoms with Gasteiger partial charge in [0.05, 0.1) is 19.0 Å². The minimum Gasteiger partial charge on any atom is -0.497 e. The molecule has 0 spiro atoms. The van der Waals surface area contributed by atoms with Crippen LogP contribution in [-0.4, -0.2) is 23.9 Å². The maximum atomic E-state index is 12.4. The van der Waals surface area contributed by atoms with Gasteiger partial charge in [-0.1, -0.05) is 11.2 Å². The molecular weight excluding hydrogens is 346 g/mol. The molecule has 0 saturated heterocycles. The van der Waals surface area contributed by atoms with Crippen LogP contribution < -0.4 is 10.1 Å². The Morgan fingerprint density at radius 3 is 2.63 bits per heavy atom. The van der Waals surface area contributed by atoms with Crippen molar-refractivity contribution in [1.82, 2.24) is 5.16 Å². The van der Waals surface area contributed by atoms with Crippen molar-refractivity contribution >= 4 is 28.4 Å². The van der Waals surface area contributed by atoms with Gasteiger partial charge in [-0.05, 0) is 42.0 Å². The van der Waals surface area contributed by atoms with Gasteiger partial charge in [-0.2, -0.15) is 10.5 Å². The fourth-order valence-corrected chi connectivity index (χ4v) is 2.36. The number of aromatic nitrogens is 1. The molecule has 1 aromatic heterocycles. The number of nitrogens with zero attached hydrogens (tertiary/aromatic N) is 4. The molecule has 1 amide bonds. The summed E-state index contributed by atoms with van der Waals surface area (Å²) in [6.07, 6.45) is 0. The van der Waals surface area contributed by atoms with E-state index >= 15 is 0 Å². The second-order valence-corrected chi connectivity index (χ2v) is 5.43. The van der Waals surface area contributed by atoms with Gasteiger partial charge in [-0.15, -0.1) is 0 Å². The molecule has 0 aliphatic heterocycles. The number of carbonyl (C=O) groups is 1. The first kappa shape index (κ1) is 17.6. The Kier molecular flexibility index (Phi) is 5.10. The van der Waals surface area contributed by atoms with E-state index in [-0.39, 0.29) is 24.0 Å². The lowest BCUT2D eigenvalue weighted by Crippen LogP contribution is -2.12. The second kappa shape index (κ2) is 7.81. The first-order valence-electron chi connectivity index (χ1n) is 7.83. The number of nitriles is 2. The summed E-state index contributed by atoms with van der Waals surface area (Å²) >= 11 is 0. The zero-order chi connectivity index (χ0) is 19.2. The standard InChI is InChI=1S/C19H13N5O3/c1-26-15-5-3-13(4-6-15)19(25)23-18-16-8-12(2-7-17(16)27-24-18)11-22-14(9-20)10-21/h2-8H,11H2,1H3,(H,23,24,25). The molecule has 8 heteroatoms. The van der Waals surface area contributed by atoms with Crippen LogP contribution in [0.4, 0.5) is 5.82 Å². The van der Waals surface area contributed by atoms with E-state index in [0.29, 0.717) is 22.3 Å². The zero-order valence-corrected chi connectivity index (χ0v) is 14.3. The van der Waals surface area contributed by atoms with Crippen molar-refractivity contribution in [2.75, 3.05) is 12.4 Å². The number of hydrogen-bond acceptors (Lipinski definition) is 7. The van der Waals surface area contributed by atoms with Crippen LogP contribution in [0, 0.1) is 22.7 Å². The smallest absolute Gasteiger partial charge is 0.256 e. The average molecular weight is 359 g/mol. The van der Waals surface area contributed by atoms with Crippen molar-refractivity contribution in [2.24, 2.45) is 4.99 Å². The highest BCUT2D eigenvalue weighted by Crippen LogP contribution is 2.25. The lowest BCUT2D eigenvalue weighted by Gasteiger charge is -2.04. The van der Waals surface area contributed by atoms with Crippen LogP contribution in [0.1, 0.15) is 15.9 Å². The number of carbonyl (C=O) groups excluding carboxylic acids is 1. The van der Waals surface area contributed by atoms with Gasteiger partial charge in [-0.3, -0.25) is 9.79 Å². The number of fused-ring (bicyclic) bond motifs is 1. The molecule has 3 aromatic rings. The molecule has 0 atom stereocenters. The fourth-order valence-electron chi connectivity index (χ4n) is 2.36. The summed E-state index contributed by atoms with van der Waals surface area (Å²) in [7, 11) is 1.55. The van der Waals surface area contributed by atoms with E-state index in [2.05, 4.69) is 15.5 Å². The first-order valence-corrected chi connectivity index (χ1v) is 7.83. The predicted molar refractivity (Wildman–Crippen MR) is 97.3 cm³/mol. The van der Waals surface area contributed by atoms with E-state index < -0.39 is 0 Å². The number of methoxy groups -OCH3 is 1. The van der Waals surface area contributed by atoms with E-state index in [4.69, 9.17) is 19.8 Å². The Morgan fingerprint density at radius 2 is 1.96 bits per heavy atom. The minimum atomic E-state index is -0.340. The molecule has 2 aromatic carbocycles. The third kappa shape index (κ3) is 3.91. The number of anilines is 1. The Bertz CT molecular complexity index is 1090. The average Bonchev–Trinajstić information content (AvgIpc) is 3.11. The van der Waals surface area contributed by atoms with Crippen molar-refractivity contribution in [3.8, 4) is 17.9 Å². The second-order valence-electron chi connectivity index (χ2n) is 5.43. The summed E-state index contributed by atoms with van der Waals surface area (Å²) in [5, 5.41) is 24.7. The van der Waals surface area contributed by atoms with E-state index in [1.54, 1.807) is 61.7 Å². The minimum absolute atomic E-state index is 0.156. The van der Waals surface area contributed by atoms with Gasteiger partial charge in [0, 0.05) is 5.56 Å². The molecule has 1 heterocycles. The molecule has 8 nitrogen and oxygen atoms in total. The van der Waals surface area contributed by atoms with Gasteiger partial charge in [0.25, 0.3) is 5.91 Å². The van der Waals surface area contributed by atoms with Gasteiger partial charge in [0.15, 0.2) is 11.4 Å². The Balaban J connectivity index is 1.83. The van der Waals surface area contributed by atoms with Crippen LogP contribution in [0.2, 0.25) is 0 Å². The van der Waals surface area contributed by atoms with Crippen molar-refractivity contribution in [2.45, 2.75) is 6.54 Å². The molecule has 1 N–H and O–H groups in total. The molecular formula is C19H13N5O3. The SMILES string of the molecule is COc1ccc(C(=O)Nc2noc3ccc(CN=C(C#N)C#N)cc23)cc1. The van der Waals surface area contributed by atoms with Gasteiger partial charge >= 0.3 is 0 Å². The van der Waals surface area contributed by atoms with E-state index in [1.807, 2.05) is 0 Å². The van der Waals surface area contributed by atoms with Crippen LogP contribution in [0.25, 0.3) is 11.0 Å². The summed E-state index contributed by atoms with van der Waals surface area (Å²) in [6.45, 7) is 0.156. The van der Waals surface area contributed by atoms with Crippen LogP contribution >= 0.6 is 0 Å². The molecule has 132 valence electrons. The number of benzene rings is 2. The molecule has 0 saturated carbocycles.